The first-order chi connectivity index (χ1) is 9.69. The molecule has 0 spiro atoms. The molecular weight excluding hydrogens is 246 g/mol. The van der Waals surface area contributed by atoms with E-state index >= 15 is 0 Å². The zero-order chi connectivity index (χ0) is 14.1. The van der Waals surface area contributed by atoms with E-state index < -0.39 is 0 Å². The van der Waals surface area contributed by atoms with Gasteiger partial charge in [-0.2, -0.15) is 0 Å². The molecule has 0 aliphatic heterocycles. The molecule has 1 aromatic carbocycles. The first-order valence-electron chi connectivity index (χ1n) is 8.12. The van der Waals surface area contributed by atoms with Crippen LogP contribution in [0.2, 0.25) is 0 Å². The largest absolute Gasteiger partial charge is 0.497 e. The fourth-order valence-corrected chi connectivity index (χ4v) is 3.94. The van der Waals surface area contributed by atoms with E-state index in [4.69, 9.17) is 4.74 Å². The van der Waals surface area contributed by atoms with Crippen molar-refractivity contribution >= 4 is 0 Å². The standard InChI is InChI=1S/C18H27NO/c1-12-7-10-17(13(12)2)19-18-6-4-5-14-8-9-15(20-3)11-16(14)18/h8-9,11-13,17-19H,4-7,10H2,1-3H3. The minimum absolute atomic E-state index is 0.520. The topological polar surface area (TPSA) is 21.3 Å². The molecule has 0 saturated heterocycles. The number of aryl methyl sites for hydroxylation is 1. The van der Waals surface area contributed by atoms with Crippen LogP contribution in [-0.4, -0.2) is 13.2 Å². The Bertz CT molecular complexity index is 470. The molecular formula is C18H27NO. The SMILES string of the molecule is COc1ccc2c(c1)C(NC1CCC(C)C1C)CCC2. The molecule has 4 atom stereocenters. The Kier molecular flexibility index (Phi) is 4.02. The molecule has 3 rings (SSSR count). The van der Waals surface area contributed by atoms with E-state index in [0.29, 0.717) is 12.1 Å². The third-order valence-electron chi connectivity index (χ3n) is 5.55. The monoisotopic (exact) mass is 273 g/mol. The Morgan fingerprint density at radius 1 is 1.15 bits per heavy atom. The summed E-state index contributed by atoms with van der Waals surface area (Å²) in [5, 5.41) is 3.95. The van der Waals surface area contributed by atoms with Crippen molar-refractivity contribution in [1.82, 2.24) is 5.32 Å². The van der Waals surface area contributed by atoms with Crippen LogP contribution in [-0.2, 0) is 6.42 Å². The Morgan fingerprint density at radius 3 is 2.70 bits per heavy atom. The lowest BCUT2D eigenvalue weighted by atomic mass is 9.86. The predicted molar refractivity (Wildman–Crippen MR) is 83.2 cm³/mol. The maximum atomic E-state index is 5.41. The maximum absolute atomic E-state index is 5.41. The number of rotatable bonds is 3. The highest BCUT2D eigenvalue weighted by Gasteiger charge is 2.32. The molecule has 1 N–H and O–H groups in total. The van der Waals surface area contributed by atoms with E-state index in [9.17, 15) is 0 Å². The molecule has 2 aliphatic carbocycles. The summed E-state index contributed by atoms with van der Waals surface area (Å²) in [6.45, 7) is 4.80. The van der Waals surface area contributed by atoms with Crippen LogP contribution in [0.5, 0.6) is 5.75 Å². The van der Waals surface area contributed by atoms with Crippen LogP contribution in [0.25, 0.3) is 0 Å². The minimum atomic E-state index is 0.520. The number of hydrogen-bond donors (Lipinski definition) is 1. The van der Waals surface area contributed by atoms with Crippen LogP contribution in [0.4, 0.5) is 0 Å². The minimum Gasteiger partial charge on any atom is -0.497 e. The van der Waals surface area contributed by atoms with Crippen LogP contribution in [0.1, 0.15) is 56.7 Å². The molecule has 0 amide bonds. The van der Waals surface area contributed by atoms with Gasteiger partial charge in [-0.3, -0.25) is 0 Å². The van der Waals surface area contributed by atoms with Gasteiger partial charge in [0.15, 0.2) is 0 Å². The van der Waals surface area contributed by atoms with Crippen molar-refractivity contribution < 1.29 is 4.74 Å². The van der Waals surface area contributed by atoms with Crippen LogP contribution in [0, 0.1) is 11.8 Å². The summed E-state index contributed by atoms with van der Waals surface area (Å²) in [4.78, 5) is 0. The molecule has 1 fully saturated rings. The number of hydrogen-bond acceptors (Lipinski definition) is 2. The maximum Gasteiger partial charge on any atom is 0.119 e. The van der Waals surface area contributed by atoms with Gasteiger partial charge >= 0.3 is 0 Å². The lowest BCUT2D eigenvalue weighted by molar-refractivity contribution is 0.321. The highest BCUT2D eigenvalue weighted by molar-refractivity contribution is 5.39. The summed E-state index contributed by atoms with van der Waals surface area (Å²) < 4.78 is 5.41. The Labute approximate surface area is 122 Å². The second kappa shape index (κ2) is 5.77. The summed E-state index contributed by atoms with van der Waals surface area (Å²) in [7, 11) is 1.76. The molecule has 2 heteroatoms. The lowest BCUT2D eigenvalue weighted by Gasteiger charge is -2.31. The molecule has 2 aliphatic rings. The van der Waals surface area contributed by atoms with E-state index in [1.807, 2.05) is 0 Å². The number of nitrogens with one attached hydrogen (secondary N) is 1. The third-order valence-corrected chi connectivity index (χ3v) is 5.55. The average Bonchev–Trinajstić information content (AvgIpc) is 2.79. The van der Waals surface area contributed by atoms with Crippen LogP contribution >= 0.6 is 0 Å². The van der Waals surface area contributed by atoms with Crippen LogP contribution in [0.3, 0.4) is 0 Å². The van der Waals surface area contributed by atoms with Crippen molar-refractivity contribution in [2.24, 2.45) is 11.8 Å². The molecule has 2 nitrogen and oxygen atoms in total. The summed E-state index contributed by atoms with van der Waals surface area (Å²) in [6, 6.07) is 7.80. The Balaban J connectivity index is 1.79. The van der Waals surface area contributed by atoms with E-state index in [2.05, 4.69) is 37.4 Å². The van der Waals surface area contributed by atoms with Crippen molar-refractivity contribution in [2.75, 3.05) is 7.11 Å². The van der Waals surface area contributed by atoms with Gasteiger partial charge in [0.2, 0.25) is 0 Å². The number of fused-ring (bicyclic) bond motifs is 1. The van der Waals surface area contributed by atoms with Gasteiger partial charge in [0, 0.05) is 12.1 Å². The normalized spacial score (nSPS) is 33.0. The van der Waals surface area contributed by atoms with Gasteiger partial charge in [-0.1, -0.05) is 19.9 Å². The van der Waals surface area contributed by atoms with Gasteiger partial charge < -0.3 is 10.1 Å². The van der Waals surface area contributed by atoms with Crippen molar-refractivity contribution in [3.8, 4) is 5.75 Å². The Morgan fingerprint density at radius 2 is 2.00 bits per heavy atom. The van der Waals surface area contributed by atoms with Crippen molar-refractivity contribution in [3.05, 3.63) is 29.3 Å². The van der Waals surface area contributed by atoms with Crippen LogP contribution < -0.4 is 10.1 Å². The quantitative estimate of drug-likeness (QED) is 0.895. The van der Waals surface area contributed by atoms with Gasteiger partial charge in [-0.25, -0.2) is 0 Å². The highest BCUT2D eigenvalue weighted by Crippen LogP contribution is 2.37. The molecule has 4 unspecified atom stereocenters. The smallest absolute Gasteiger partial charge is 0.119 e. The number of benzene rings is 1. The van der Waals surface area contributed by atoms with Crippen molar-refractivity contribution in [2.45, 2.75) is 58.0 Å². The Hall–Kier alpha value is -1.02. The summed E-state index contributed by atoms with van der Waals surface area (Å²) in [5.41, 5.74) is 2.98. The number of ether oxygens (including phenoxy) is 1. The van der Waals surface area contributed by atoms with Gasteiger partial charge in [-0.15, -0.1) is 0 Å². The molecule has 1 saturated carbocycles. The molecule has 110 valence electrons. The van der Waals surface area contributed by atoms with E-state index in [0.717, 1.165) is 17.6 Å². The second-order valence-electron chi connectivity index (χ2n) is 6.70. The van der Waals surface area contributed by atoms with E-state index in [1.54, 1.807) is 7.11 Å². The van der Waals surface area contributed by atoms with E-state index in [-0.39, 0.29) is 0 Å². The summed E-state index contributed by atoms with van der Waals surface area (Å²) in [5.74, 6) is 2.65. The molecule has 0 aromatic heterocycles. The second-order valence-corrected chi connectivity index (χ2v) is 6.70. The zero-order valence-corrected chi connectivity index (χ0v) is 13.0. The summed E-state index contributed by atoms with van der Waals surface area (Å²) >= 11 is 0. The van der Waals surface area contributed by atoms with Crippen molar-refractivity contribution in [3.63, 3.8) is 0 Å². The first kappa shape index (κ1) is 13.9. The van der Waals surface area contributed by atoms with Gasteiger partial charge in [0.05, 0.1) is 7.11 Å². The molecule has 1 aromatic rings. The molecule has 0 bridgehead atoms. The zero-order valence-electron chi connectivity index (χ0n) is 13.0. The number of methoxy groups -OCH3 is 1. The summed E-state index contributed by atoms with van der Waals surface area (Å²) in [6.07, 6.45) is 6.48. The fourth-order valence-electron chi connectivity index (χ4n) is 3.94. The average molecular weight is 273 g/mol. The molecule has 0 heterocycles. The van der Waals surface area contributed by atoms with Crippen molar-refractivity contribution in [1.29, 1.82) is 0 Å². The predicted octanol–water partition coefficient (Wildman–Crippen LogP) is 4.10. The van der Waals surface area contributed by atoms with Crippen LogP contribution in [0.15, 0.2) is 18.2 Å². The van der Waals surface area contributed by atoms with Gasteiger partial charge in [0.25, 0.3) is 0 Å². The molecule has 0 radical (unpaired) electrons. The third kappa shape index (κ3) is 2.58. The highest BCUT2D eigenvalue weighted by atomic mass is 16.5. The lowest BCUT2D eigenvalue weighted by Crippen LogP contribution is -2.37. The van der Waals surface area contributed by atoms with E-state index in [1.165, 1.54) is 43.2 Å². The van der Waals surface area contributed by atoms with Gasteiger partial charge in [-0.05, 0) is 67.2 Å². The fraction of sp³-hybridized carbons (Fsp3) is 0.667. The first-order valence-corrected chi connectivity index (χ1v) is 8.12. The molecule has 20 heavy (non-hydrogen) atoms. The van der Waals surface area contributed by atoms with Gasteiger partial charge in [0.1, 0.15) is 5.75 Å².